The van der Waals surface area contributed by atoms with E-state index < -0.39 is 17.6 Å². The molecule has 0 aliphatic heterocycles. The molecule has 1 fully saturated rings. The van der Waals surface area contributed by atoms with E-state index in [2.05, 4.69) is 15.1 Å². The molecule has 0 radical (unpaired) electrons. The lowest BCUT2D eigenvalue weighted by Crippen LogP contribution is -2.28. The number of nitrogens with zero attached hydrogens (tertiary/aromatic N) is 4. The third kappa shape index (κ3) is 4.01. The number of aliphatic hydroxyl groups is 1. The third-order valence-electron chi connectivity index (χ3n) is 4.71. The van der Waals surface area contributed by atoms with Gasteiger partial charge in [0.2, 0.25) is 0 Å². The SMILES string of the molecule is O=C(N=C1CCC[C@H]1O)c1cc(-c2ccc(Cl)cc2)nn(-c2cccnc2)c1=O. The summed E-state index contributed by atoms with van der Waals surface area (Å²) in [7, 11) is 0. The number of halogens is 1. The van der Waals surface area contributed by atoms with Crippen LogP contribution in [0.4, 0.5) is 0 Å². The first-order valence-corrected chi connectivity index (χ1v) is 9.51. The van der Waals surface area contributed by atoms with Crippen LogP contribution in [-0.2, 0) is 0 Å². The number of rotatable bonds is 3. The summed E-state index contributed by atoms with van der Waals surface area (Å²) in [5.41, 5.74) is 1.22. The molecule has 0 bridgehead atoms. The van der Waals surface area contributed by atoms with Crippen LogP contribution in [0.1, 0.15) is 29.6 Å². The van der Waals surface area contributed by atoms with Crippen molar-refractivity contribution >= 4 is 23.2 Å². The van der Waals surface area contributed by atoms with Gasteiger partial charge in [0.25, 0.3) is 11.5 Å². The molecule has 1 amide bonds. The van der Waals surface area contributed by atoms with E-state index in [4.69, 9.17) is 11.6 Å². The lowest BCUT2D eigenvalue weighted by molar-refractivity contribution is 0.0998. The van der Waals surface area contributed by atoms with Crippen molar-refractivity contribution in [1.29, 1.82) is 0 Å². The molecule has 2 aromatic heterocycles. The zero-order valence-corrected chi connectivity index (χ0v) is 16.1. The van der Waals surface area contributed by atoms with Crippen molar-refractivity contribution in [3.63, 3.8) is 0 Å². The van der Waals surface area contributed by atoms with E-state index in [0.29, 0.717) is 40.5 Å². The fraction of sp³-hybridized carbons (Fsp3) is 0.190. The maximum atomic E-state index is 13.0. The van der Waals surface area contributed by atoms with Gasteiger partial charge in [-0.1, -0.05) is 23.7 Å². The van der Waals surface area contributed by atoms with E-state index in [-0.39, 0.29) is 5.56 Å². The van der Waals surface area contributed by atoms with Crippen molar-refractivity contribution in [3.8, 4) is 16.9 Å². The lowest BCUT2D eigenvalue weighted by Gasteiger charge is -2.10. The van der Waals surface area contributed by atoms with Gasteiger partial charge in [-0.25, -0.2) is 4.99 Å². The molecule has 1 aromatic carbocycles. The highest BCUT2D eigenvalue weighted by Gasteiger charge is 2.23. The van der Waals surface area contributed by atoms with Gasteiger partial charge in [0.15, 0.2) is 0 Å². The summed E-state index contributed by atoms with van der Waals surface area (Å²) in [6.45, 7) is 0. The highest BCUT2D eigenvalue weighted by molar-refractivity contribution is 6.30. The van der Waals surface area contributed by atoms with E-state index in [1.165, 1.54) is 12.3 Å². The van der Waals surface area contributed by atoms with Crippen molar-refractivity contribution in [2.24, 2.45) is 4.99 Å². The quantitative estimate of drug-likeness (QED) is 0.718. The van der Waals surface area contributed by atoms with Gasteiger partial charge < -0.3 is 5.11 Å². The summed E-state index contributed by atoms with van der Waals surface area (Å²) < 4.78 is 1.13. The lowest BCUT2D eigenvalue weighted by atomic mass is 10.1. The normalized spacial score (nSPS) is 17.6. The molecule has 7 nitrogen and oxygen atoms in total. The van der Waals surface area contributed by atoms with E-state index in [1.54, 1.807) is 42.6 Å². The number of aromatic nitrogens is 3. The molecular formula is C21H17ClN4O3. The number of hydrogen-bond acceptors (Lipinski definition) is 5. The zero-order chi connectivity index (χ0) is 20.4. The molecule has 146 valence electrons. The Hall–Kier alpha value is -3.16. The van der Waals surface area contributed by atoms with Crippen LogP contribution in [0.25, 0.3) is 16.9 Å². The van der Waals surface area contributed by atoms with Gasteiger partial charge >= 0.3 is 0 Å². The standard InChI is InChI=1S/C21H17ClN4O3/c22-14-8-6-13(7-9-14)18-11-16(20(28)24-17-4-1-5-19(17)27)21(29)26(25-18)15-3-2-10-23-12-15/h2-3,6-12,19,27H,1,4-5H2/t19-/m1/s1. The van der Waals surface area contributed by atoms with Gasteiger partial charge in [0.1, 0.15) is 5.56 Å². The van der Waals surface area contributed by atoms with Gasteiger partial charge in [0, 0.05) is 16.8 Å². The Kier molecular flexibility index (Phi) is 5.33. The van der Waals surface area contributed by atoms with E-state index in [9.17, 15) is 14.7 Å². The Labute approximate surface area is 171 Å². The maximum Gasteiger partial charge on any atom is 0.284 e. The first-order chi connectivity index (χ1) is 14.0. The Morgan fingerprint density at radius 3 is 2.69 bits per heavy atom. The van der Waals surface area contributed by atoms with Crippen LogP contribution in [0.15, 0.2) is 64.6 Å². The van der Waals surface area contributed by atoms with Crippen molar-refractivity contribution in [3.05, 3.63) is 75.8 Å². The molecule has 2 heterocycles. The van der Waals surface area contributed by atoms with Gasteiger partial charge in [-0.05, 0) is 49.6 Å². The second-order valence-corrected chi connectivity index (χ2v) is 7.13. The van der Waals surface area contributed by atoms with E-state index in [0.717, 1.165) is 11.1 Å². The van der Waals surface area contributed by atoms with Gasteiger partial charge in [-0.2, -0.15) is 9.78 Å². The smallest absolute Gasteiger partial charge is 0.284 e. The van der Waals surface area contributed by atoms with E-state index >= 15 is 0 Å². The average molecular weight is 409 g/mol. The van der Waals surface area contributed by atoms with Crippen molar-refractivity contribution < 1.29 is 9.90 Å². The highest BCUT2D eigenvalue weighted by Crippen LogP contribution is 2.21. The first-order valence-electron chi connectivity index (χ1n) is 9.13. The molecule has 0 unspecified atom stereocenters. The summed E-state index contributed by atoms with van der Waals surface area (Å²) in [4.78, 5) is 33.9. The molecular weight excluding hydrogens is 392 g/mol. The minimum absolute atomic E-state index is 0.125. The largest absolute Gasteiger partial charge is 0.387 e. The van der Waals surface area contributed by atoms with Crippen molar-refractivity contribution in [2.75, 3.05) is 0 Å². The minimum Gasteiger partial charge on any atom is -0.387 e. The third-order valence-corrected chi connectivity index (χ3v) is 4.96. The van der Waals surface area contributed by atoms with Gasteiger partial charge in [-0.15, -0.1) is 0 Å². The van der Waals surface area contributed by atoms with Crippen molar-refractivity contribution in [1.82, 2.24) is 14.8 Å². The zero-order valence-electron chi connectivity index (χ0n) is 15.3. The van der Waals surface area contributed by atoms with Gasteiger partial charge in [-0.3, -0.25) is 14.6 Å². The monoisotopic (exact) mass is 408 g/mol. The summed E-state index contributed by atoms with van der Waals surface area (Å²) >= 11 is 5.96. The molecule has 1 N–H and O–H groups in total. The number of carbonyl (C=O) groups excluding carboxylic acids is 1. The molecule has 1 atom stereocenters. The molecule has 4 rings (SSSR count). The number of pyridine rings is 1. The van der Waals surface area contributed by atoms with Crippen LogP contribution < -0.4 is 5.56 Å². The molecule has 1 saturated carbocycles. The molecule has 3 aromatic rings. The summed E-state index contributed by atoms with van der Waals surface area (Å²) in [6.07, 6.45) is 4.20. The number of aliphatic hydroxyl groups excluding tert-OH is 1. The van der Waals surface area contributed by atoms with Crippen LogP contribution in [-0.4, -0.2) is 37.6 Å². The number of hydrogen-bond donors (Lipinski definition) is 1. The van der Waals surface area contributed by atoms with Crippen LogP contribution >= 0.6 is 11.6 Å². The summed E-state index contributed by atoms with van der Waals surface area (Å²) in [5, 5.41) is 14.9. The molecule has 29 heavy (non-hydrogen) atoms. The Balaban J connectivity index is 1.87. The fourth-order valence-electron chi connectivity index (χ4n) is 3.19. The molecule has 8 heteroatoms. The van der Waals surface area contributed by atoms with Crippen LogP contribution in [0.5, 0.6) is 0 Å². The number of aliphatic imine (C=N–C) groups is 1. The van der Waals surface area contributed by atoms with E-state index in [1.807, 2.05) is 0 Å². The Morgan fingerprint density at radius 1 is 1.24 bits per heavy atom. The number of benzene rings is 1. The molecule has 1 aliphatic rings. The summed E-state index contributed by atoms with van der Waals surface area (Å²) in [6, 6.07) is 11.7. The Bertz CT molecular complexity index is 1140. The van der Waals surface area contributed by atoms with Crippen LogP contribution in [0.2, 0.25) is 5.02 Å². The van der Waals surface area contributed by atoms with Crippen LogP contribution in [0, 0.1) is 0 Å². The predicted molar refractivity (Wildman–Crippen MR) is 110 cm³/mol. The number of carbonyl (C=O) groups is 1. The Morgan fingerprint density at radius 2 is 2.03 bits per heavy atom. The first kappa shape index (κ1) is 19.2. The number of amides is 1. The maximum absolute atomic E-state index is 13.0. The van der Waals surface area contributed by atoms with Gasteiger partial charge in [0.05, 0.1) is 29.4 Å². The topological polar surface area (TPSA) is 97.4 Å². The fourth-order valence-corrected chi connectivity index (χ4v) is 3.32. The van der Waals surface area contributed by atoms with Crippen molar-refractivity contribution in [2.45, 2.75) is 25.4 Å². The predicted octanol–water partition coefficient (Wildman–Crippen LogP) is 3.07. The summed E-state index contributed by atoms with van der Waals surface area (Å²) in [5.74, 6) is -0.693. The second-order valence-electron chi connectivity index (χ2n) is 6.69. The molecule has 0 saturated heterocycles. The minimum atomic E-state index is -0.739. The van der Waals surface area contributed by atoms with Crippen LogP contribution in [0.3, 0.4) is 0 Å². The highest BCUT2D eigenvalue weighted by atomic mass is 35.5. The molecule has 0 spiro atoms. The second kappa shape index (κ2) is 8.06. The average Bonchev–Trinajstić information content (AvgIpc) is 3.14. The molecule has 1 aliphatic carbocycles.